The van der Waals surface area contributed by atoms with E-state index in [0.717, 1.165) is 30.4 Å². The maximum Gasteiger partial charge on any atom is 0.0961 e. The Hall–Kier alpha value is -1.34. The van der Waals surface area contributed by atoms with Crippen LogP contribution < -0.4 is 0 Å². The van der Waals surface area contributed by atoms with Crippen LogP contribution >= 0.6 is 0 Å². The summed E-state index contributed by atoms with van der Waals surface area (Å²) in [6.45, 7) is 8.39. The maximum absolute atomic E-state index is 11.2. The molecule has 1 fully saturated rings. The van der Waals surface area contributed by atoms with E-state index in [2.05, 4.69) is 26.5 Å². The van der Waals surface area contributed by atoms with E-state index in [1.165, 1.54) is 12.0 Å². The molecule has 0 aromatic heterocycles. The van der Waals surface area contributed by atoms with Crippen LogP contribution in [0.15, 0.2) is 48.6 Å². The van der Waals surface area contributed by atoms with Crippen molar-refractivity contribution in [3.05, 3.63) is 54.1 Å². The summed E-state index contributed by atoms with van der Waals surface area (Å²) >= 11 is 0. The molecule has 102 valence electrons. The smallest absolute Gasteiger partial charge is 0.0961 e. The van der Waals surface area contributed by atoms with E-state index in [1.54, 1.807) is 0 Å². The lowest BCUT2D eigenvalue weighted by molar-refractivity contribution is 0.0209. The normalized spacial score (nSPS) is 28.2. The molecule has 0 saturated heterocycles. The molecule has 0 spiro atoms. The fraction of sp³-hybridized carbons (Fsp3) is 0.444. The zero-order chi connectivity index (χ0) is 13.9. The first-order chi connectivity index (χ1) is 9.09. The van der Waals surface area contributed by atoms with Gasteiger partial charge in [-0.2, -0.15) is 0 Å². The van der Waals surface area contributed by atoms with Crippen molar-refractivity contribution in [2.75, 3.05) is 0 Å². The average Bonchev–Trinajstić information content (AvgIpc) is 2.47. The van der Waals surface area contributed by atoms with Crippen molar-refractivity contribution in [3.8, 4) is 0 Å². The van der Waals surface area contributed by atoms with Crippen molar-refractivity contribution in [3.63, 3.8) is 0 Å². The summed E-state index contributed by atoms with van der Waals surface area (Å²) in [4.78, 5) is 0. The zero-order valence-corrected chi connectivity index (χ0v) is 12.0. The molecule has 0 unspecified atom stereocenters. The minimum atomic E-state index is -0.782. The molecular formula is C18H24O. The highest BCUT2D eigenvalue weighted by molar-refractivity contribution is 5.71. The first kappa shape index (κ1) is 14.1. The highest BCUT2D eigenvalue weighted by atomic mass is 16.3. The van der Waals surface area contributed by atoms with Crippen molar-refractivity contribution in [1.82, 2.24) is 0 Å². The first-order valence-corrected chi connectivity index (χ1v) is 7.19. The molecule has 1 aromatic carbocycles. The van der Waals surface area contributed by atoms with Gasteiger partial charge >= 0.3 is 0 Å². The van der Waals surface area contributed by atoms with Gasteiger partial charge in [0.2, 0.25) is 0 Å². The third-order valence-corrected chi connectivity index (χ3v) is 4.53. The van der Waals surface area contributed by atoms with Crippen LogP contribution in [0.2, 0.25) is 0 Å². The molecule has 2 rings (SSSR count). The Morgan fingerprint density at radius 1 is 1.32 bits per heavy atom. The molecule has 0 bridgehead atoms. The van der Waals surface area contributed by atoms with E-state index in [0.29, 0.717) is 0 Å². The fourth-order valence-electron chi connectivity index (χ4n) is 3.21. The fourth-order valence-corrected chi connectivity index (χ4v) is 3.21. The molecule has 0 aliphatic heterocycles. The monoisotopic (exact) mass is 256 g/mol. The number of benzene rings is 1. The highest BCUT2D eigenvalue weighted by Gasteiger charge is 2.42. The summed E-state index contributed by atoms with van der Waals surface area (Å²) in [5, 5.41) is 11.2. The summed E-state index contributed by atoms with van der Waals surface area (Å²) < 4.78 is 0. The molecule has 1 N–H and O–H groups in total. The van der Waals surface area contributed by atoms with Crippen molar-refractivity contribution in [1.29, 1.82) is 0 Å². The predicted octanol–water partition coefficient (Wildman–Crippen LogP) is 4.59. The third-order valence-electron chi connectivity index (χ3n) is 4.53. The van der Waals surface area contributed by atoms with Crippen molar-refractivity contribution >= 4 is 5.57 Å². The maximum atomic E-state index is 11.2. The number of hydrogen-bond donors (Lipinski definition) is 1. The lowest BCUT2D eigenvalue weighted by Crippen LogP contribution is -2.42. The molecule has 1 heteroatoms. The van der Waals surface area contributed by atoms with Gasteiger partial charge in [-0.25, -0.2) is 0 Å². The van der Waals surface area contributed by atoms with Gasteiger partial charge in [-0.1, -0.05) is 61.4 Å². The molecule has 1 saturated carbocycles. The Balaban J connectivity index is 2.35. The average molecular weight is 256 g/mol. The van der Waals surface area contributed by atoms with E-state index in [9.17, 15) is 5.11 Å². The third kappa shape index (κ3) is 2.66. The lowest BCUT2D eigenvalue weighted by atomic mass is 9.67. The minimum Gasteiger partial charge on any atom is -0.385 e. The summed E-state index contributed by atoms with van der Waals surface area (Å²) in [5.74, 6) is 0.207. The Kier molecular flexibility index (Phi) is 4.26. The molecule has 0 radical (unpaired) electrons. The summed E-state index contributed by atoms with van der Waals surface area (Å²) in [6, 6.07) is 10.1. The summed E-state index contributed by atoms with van der Waals surface area (Å²) in [7, 11) is 0. The van der Waals surface area contributed by atoms with E-state index in [4.69, 9.17) is 0 Å². The van der Waals surface area contributed by atoms with Gasteiger partial charge in [-0.15, -0.1) is 0 Å². The van der Waals surface area contributed by atoms with Crippen molar-refractivity contribution in [2.24, 2.45) is 5.92 Å². The second-order valence-corrected chi connectivity index (χ2v) is 5.60. The Labute approximate surface area is 116 Å². The molecule has 1 aromatic rings. The predicted molar refractivity (Wildman–Crippen MR) is 81.8 cm³/mol. The van der Waals surface area contributed by atoms with Gasteiger partial charge in [0.25, 0.3) is 0 Å². The molecule has 0 heterocycles. The SMILES string of the molecule is C=C(c1ccccc1)[C@]1(O)CCCC[C@H]1/C(C)=C/C. The minimum absolute atomic E-state index is 0.207. The molecular weight excluding hydrogens is 232 g/mol. The molecule has 19 heavy (non-hydrogen) atoms. The largest absolute Gasteiger partial charge is 0.385 e. The van der Waals surface area contributed by atoms with Gasteiger partial charge in [0, 0.05) is 5.92 Å². The Morgan fingerprint density at radius 3 is 2.63 bits per heavy atom. The van der Waals surface area contributed by atoms with Crippen molar-refractivity contribution < 1.29 is 5.11 Å². The molecule has 1 nitrogen and oxygen atoms in total. The van der Waals surface area contributed by atoms with Crippen LogP contribution in [0, 0.1) is 5.92 Å². The molecule has 0 amide bonds. The molecule has 1 aliphatic carbocycles. The standard InChI is InChI=1S/C18H24O/c1-4-14(2)17-12-8-9-13-18(17,19)15(3)16-10-6-5-7-11-16/h4-7,10-11,17,19H,3,8-9,12-13H2,1-2H3/b14-4+/t17-,18+/m0/s1. The van der Waals surface area contributed by atoms with Gasteiger partial charge < -0.3 is 5.11 Å². The number of rotatable bonds is 3. The van der Waals surface area contributed by atoms with Crippen molar-refractivity contribution in [2.45, 2.75) is 45.1 Å². The van der Waals surface area contributed by atoms with Crippen LogP contribution in [-0.2, 0) is 0 Å². The number of aliphatic hydroxyl groups is 1. The van der Waals surface area contributed by atoms with Crippen LogP contribution in [-0.4, -0.2) is 10.7 Å². The molecule has 2 atom stereocenters. The van der Waals surface area contributed by atoms with Gasteiger partial charge in [0.15, 0.2) is 0 Å². The highest BCUT2D eigenvalue weighted by Crippen LogP contribution is 2.45. The van der Waals surface area contributed by atoms with Gasteiger partial charge in [-0.3, -0.25) is 0 Å². The number of hydrogen-bond acceptors (Lipinski definition) is 1. The second-order valence-electron chi connectivity index (χ2n) is 5.60. The second kappa shape index (κ2) is 5.75. The van der Waals surface area contributed by atoms with Crippen LogP contribution in [0.5, 0.6) is 0 Å². The van der Waals surface area contributed by atoms with E-state index >= 15 is 0 Å². The van der Waals surface area contributed by atoms with E-state index < -0.39 is 5.60 Å². The summed E-state index contributed by atoms with van der Waals surface area (Å²) in [6.07, 6.45) is 6.27. The molecule has 1 aliphatic rings. The van der Waals surface area contributed by atoms with Gasteiger partial charge in [-0.05, 0) is 37.8 Å². The number of allylic oxidation sites excluding steroid dienone is 1. The van der Waals surface area contributed by atoms with Gasteiger partial charge in [0.05, 0.1) is 5.60 Å². The quantitative estimate of drug-likeness (QED) is 0.784. The van der Waals surface area contributed by atoms with Crippen LogP contribution in [0.4, 0.5) is 0 Å². The lowest BCUT2D eigenvalue weighted by Gasteiger charge is -2.42. The van der Waals surface area contributed by atoms with E-state index in [-0.39, 0.29) is 5.92 Å². The Morgan fingerprint density at radius 2 is 2.00 bits per heavy atom. The van der Waals surface area contributed by atoms with E-state index in [1.807, 2.05) is 30.3 Å². The summed E-state index contributed by atoms with van der Waals surface area (Å²) in [5.41, 5.74) is 2.43. The van der Waals surface area contributed by atoms with Crippen LogP contribution in [0.25, 0.3) is 5.57 Å². The van der Waals surface area contributed by atoms with Crippen LogP contribution in [0.1, 0.15) is 45.1 Å². The van der Waals surface area contributed by atoms with Gasteiger partial charge in [0.1, 0.15) is 0 Å². The Bertz CT molecular complexity index is 472. The first-order valence-electron chi connectivity index (χ1n) is 7.19. The topological polar surface area (TPSA) is 20.2 Å². The zero-order valence-electron chi connectivity index (χ0n) is 12.0. The van der Waals surface area contributed by atoms with Crippen LogP contribution in [0.3, 0.4) is 0 Å².